The molecule has 0 heterocycles. The van der Waals surface area contributed by atoms with Crippen molar-refractivity contribution in [2.24, 2.45) is 23.5 Å². The number of nitrogens with two attached hydrogens (primary N) is 1. The second-order valence-corrected chi connectivity index (χ2v) is 6.40. The molecule has 3 N–H and O–H groups in total. The second kappa shape index (κ2) is 6.55. The van der Waals surface area contributed by atoms with Gasteiger partial charge in [0.05, 0.1) is 0 Å². The molecule has 2 rings (SSSR count). The van der Waals surface area contributed by atoms with Gasteiger partial charge in [-0.05, 0) is 43.9 Å². The molecule has 1 amide bonds. The van der Waals surface area contributed by atoms with Gasteiger partial charge in [0.25, 0.3) is 0 Å². The van der Waals surface area contributed by atoms with Crippen LogP contribution in [0.1, 0.15) is 58.3 Å². The minimum Gasteiger partial charge on any atom is -0.356 e. The van der Waals surface area contributed by atoms with E-state index in [-0.39, 0.29) is 17.9 Å². The van der Waals surface area contributed by atoms with Crippen molar-refractivity contribution >= 4 is 5.91 Å². The zero-order valence-corrected chi connectivity index (χ0v) is 11.7. The van der Waals surface area contributed by atoms with Crippen molar-refractivity contribution in [3.8, 4) is 0 Å². The van der Waals surface area contributed by atoms with E-state index in [0.717, 1.165) is 31.7 Å². The number of nitrogens with one attached hydrogen (secondary N) is 1. The standard InChI is InChI=1S/C15H28N2O/c1-11-7-8-13(9-14(11)16)15(18)17-10-12-5-3-2-4-6-12/h11-14H,2-10,16H2,1H3,(H,17,18). The Morgan fingerprint density at radius 3 is 2.56 bits per heavy atom. The first kappa shape index (κ1) is 13.9. The summed E-state index contributed by atoms with van der Waals surface area (Å²) in [5.41, 5.74) is 6.07. The topological polar surface area (TPSA) is 55.1 Å². The largest absolute Gasteiger partial charge is 0.356 e. The molecule has 104 valence electrons. The molecule has 0 radical (unpaired) electrons. The normalized spacial score (nSPS) is 34.2. The van der Waals surface area contributed by atoms with Crippen LogP contribution in [0.5, 0.6) is 0 Å². The number of hydrogen-bond acceptors (Lipinski definition) is 2. The monoisotopic (exact) mass is 252 g/mol. The molecule has 18 heavy (non-hydrogen) atoms. The highest BCUT2D eigenvalue weighted by atomic mass is 16.1. The highest BCUT2D eigenvalue weighted by Crippen LogP contribution is 2.28. The van der Waals surface area contributed by atoms with Crippen molar-refractivity contribution in [1.29, 1.82) is 0 Å². The highest BCUT2D eigenvalue weighted by Gasteiger charge is 2.29. The molecule has 0 saturated heterocycles. The predicted molar refractivity (Wildman–Crippen MR) is 74.1 cm³/mol. The average molecular weight is 252 g/mol. The highest BCUT2D eigenvalue weighted by molar-refractivity contribution is 5.78. The summed E-state index contributed by atoms with van der Waals surface area (Å²) in [4.78, 5) is 12.1. The fraction of sp³-hybridized carbons (Fsp3) is 0.933. The van der Waals surface area contributed by atoms with Crippen molar-refractivity contribution in [3.05, 3.63) is 0 Å². The molecule has 0 aromatic rings. The summed E-state index contributed by atoms with van der Waals surface area (Å²) in [6, 6.07) is 0.212. The Balaban J connectivity index is 1.70. The Labute approximate surface area is 111 Å². The first-order valence-electron chi connectivity index (χ1n) is 7.70. The maximum atomic E-state index is 12.1. The molecule has 0 aliphatic heterocycles. The van der Waals surface area contributed by atoms with E-state index in [1.54, 1.807) is 0 Å². The SMILES string of the molecule is CC1CCC(C(=O)NCC2CCCCC2)CC1N. The van der Waals surface area contributed by atoms with E-state index >= 15 is 0 Å². The number of hydrogen-bond donors (Lipinski definition) is 2. The number of carbonyl (C=O) groups excluding carboxylic acids is 1. The van der Waals surface area contributed by atoms with Crippen LogP contribution < -0.4 is 11.1 Å². The van der Waals surface area contributed by atoms with Crippen LogP contribution in [0, 0.1) is 17.8 Å². The molecule has 3 atom stereocenters. The third kappa shape index (κ3) is 3.71. The Morgan fingerprint density at radius 1 is 1.17 bits per heavy atom. The van der Waals surface area contributed by atoms with Crippen molar-refractivity contribution in [2.75, 3.05) is 6.54 Å². The Hall–Kier alpha value is -0.570. The molecule has 0 bridgehead atoms. The molecule has 0 spiro atoms. The summed E-state index contributed by atoms with van der Waals surface area (Å²) >= 11 is 0. The zero-order valence-electron chi connectivity index (χ0n) is 11.7. The van der Waals surface area contributed by atoms with Gasteiger partial charge in [0.15, 0.2) is 0 Å². The van der Waals surface area contributed by atoms with Crippen LogP contribution in [0.3, 0.4) is 0 Å². The van der Waals surface area contributed by atoms with E-state index in [2.05, 4.69) is 12.2 Å². The lowest BCUT2D eigenvalue weighted by Gasteiger charge is -2.31. The maximum Gasteiger partial charge on any atom is 0.223 e. The average Bonchev–Trinajstić information content (AvgIpc) is 2.40. The zero-order chi connectivity index (χ0) is 13.0. The number of amides is 1. The van der Waals surface area contributed by atoms with Crippen LogP contribution in [0.4, 0.5) is 0 Å². The molecular weight excluding hydrogens is 224 g/mol. The van der Waals surface area contributed by atoms with Crippen LogP contribution in [-0.4, -0.2) is 18.5 Å². The predicted octanol–water partition coefficient (Wildman–Crippen LogP) is 2.45. The summed E-state index contributed by atoms with van der Waals surface area (Å²) < 4.78 is 0. The minimum atomic E-state index is 0.166. The molecule has 2 aliphatic carbocycles. The quantitative estimate of drug-likeness (QED) is 0.810. The van der Waals surface area contributed by atoms with Crippen molar-refractivity contribution in [2.45, 2.75) is 64.3 Å². The molecule has 0 aromatic heterocycles. The van der Waals surface area contributed by atoms with Crippen molar-refractivity contribution < 1.29 is 4.79 Å². The second-order valence-electron chi connectivity index (χ2n) is 6.40. The van der Waals surface area contributed by atoms with E-state index in [9.17, 15) is 4.79 Å². The Morgan fingerprint density at radius 2 is 1.89 bits per heavy atom. The van der Waals surface area contributed by atoms with E-state index < -0.39 is 0 Å². The smallest absolute Gasteiger partial charge is 0.223 e. The van der Waals surface area contributed by atoms with E-state index in [0.29, 0.717) is 5.92 Å². The number of rotatable bonds is 3. The summed E-state index contributed by atoms with van der Waals surface area (Å²) in [7, 11) is 0. The first-order chi connectivity index (χ1) is 8.66. The lowest BCUT2D eigenvalue weighted by atomic mass is 9.79. The third-order valence-corrected chi connectivity index (χ3v) is 4.92. The van der Waals surface area contributed by atoms with Gasteiger partial charge in [-0.1, -0.05) is 26.2 Å². The van der Waals surface area contributed by atoms with Crippen LogP contribution in [0.25, 0.3) is 0 Å². The Kier molecular flexibility index (Phi) is 5.04. The molecule has 0 aromatic carbocycles. The first-order valence-corrected chi connectivity index (χ1v) is 7.70. The molecule has 2 aliphatic rings. The van der Waals surface area contributed by atoms with E-state index in [1.165, 1.54) is 32.1 Å². The lowest BCUT2D eigenvalue weighted by Crippen LogP contribution is -2.42. The summed E-state index contributed by atoms with van der Waals surface area (Å²) in [6.45, 7) is 3.08. The molecule has 3 nitrogen and oxygen atoms in total. The third-order valence-electron chi connectivity index (χ3n) is 4.92. The van der Waals surface area contributed by atoms with Gasteiger partial charge < -0.3 is 11.1 Å². The van der Waals surface area contributed by atoms with Gasteiger partial charge in [0.1, 0.15) is 0 Å². The fourth-order valence-corrected chi connectivity index (χ4v) is 3.38. The van der Waals surface area contributed by atoms with E-state index in [1.807, 2.05) is 0 Å². The molecule has 3 heteroatoms. The fourth-order valence-electron chi connectivity index (χ4n) is 3.38. The van der Waals surface area contributed by atoms with Crippen molar-refractivity contribution in [1.82, 2.24) is 5.32 Å². The van der Waals surface area contributed by atoms with Gasteiger partial charge in [-0.3, -0.25) is 4.79 Å². The Bertz CT molecular complexity index is 274. The van der Waals surface area contributed by atoms with Gasteiger partial charge >= 0.3 is 0 Å². The number of carbonyl (C=O) groups is 1. The summed E-state index contributed by atoms with van der Waals surface area (Å²) in [5.74, 6) is 1.72. The van der Waals surface area contributed by atoms with Crippen LogP contribution in [-0.2, 0) is 4.79 Å². The molecule has 2 fully saturated rings. The van der Waals surface area contributed by atoms with Gasteiger partial charge in [-0.15, -0.1) is 0 Å². The van der Waals surface area contributed by atoms with Gasteiger partial charge in [-0.25, -0.2) is 0 Å². The van der Waals surface area contributed by atoms with Crippen LogP contribution in [0.15, 0.2) is 0 Å². The van der Waals surface area contributed by atoms with Crippen LogP contribution >= 0.6 is 0 Å². The van der Waals surface area contributed by atoms with Gasteiger partial charge in [0.2, 0.25) is 5.91 Å². The summed E-state index contributed by atoms with van der Waals surface area (Å²) in [5, 5.41) is 3.16. The van der Waals surface area contributed by atoms with Gasteiger partial charge in [-0.2, -0.15) is 0 Å². The molecular formula is C15H28N2O. The van der Waals surface area contributed by atoms with Crippen molar-refractivity contribution in [3.63, 3.8) is 0 Å². The minimum absolute atomic E-state index is 0.166. The van der Waals surface area contributed by atoms with Gasteiger partial charge in [0, 0.05) is 18.5 Å². The lowest BCUT2D eigenvalue weighted by molar-refractivity contribution is -0.126. The summed E-state index contributed by atoms with van der Waals surface area (Å²) in [6.07, 6.45) is 9.63. The molecule has 2 saturated carbocycles. The van der Waals surface area contributed by atoms with E-state index in [4.69, 9.17) is 5.73 Å². The molecule has 3 unspecified atom stereocenters. The van der Waals surface area contributed by atoms with Crippen LogP contribution in [0.2, 0.25) is 0 Å². The maximum absolute atomic E-state index is 12.1.